The van der Waals surface area contributed by atoms with E-state index >= 15 is 0 Å². The molecule has 0 bridgehead atoms. The van der Waals surface area contributed by atoms with Gasteiger partial charge in [0.05, 0.1) is 10.6 Å². The Bertz CT molecular complexity index is 536. The molecule has 0 saturated carbocycles. The fourth-order valence-corrected chi connectivity index (χ4v) is 1.69. The number of benzene rings is 2. The van der Waals surface area contributed by atoms with Crippen LogP contribution in [0.4, 0.5) is 0 Å². The van der Waals surface area contributed by atoms with Crippen molar-refractivity contribution in [3.8, 4) is 11.5 Å². The summed E-state index contributed by atoms with van der Waals surface area (Å²) in [6.07, 6.45) is 0.705. The highest BCUT2D eigenvalue weighted by Crippen LogP contribution is 2.32. The van der Waals surface area contributed by atoms with Crippen LogP contribution >= 0.6 is 23.2 Å². The van der Waals surface area contributed by atoms with Gasteiger partial charge in [-0.15, -0.1) is 0 Å². The number of rotatable bonds is 3. The predicted molar refractivity (Wildman–Crippen MR) is 68.4 cm³/mol. The Morgan fingerprint density at radius 3 is 2.35 bits per heavy atom. The molecular formula is C13H8Cl2O2. The highest BCUT2D eigenvalue weighted by Gasteiger charge is 2.08. The van der Waals surface area contributed by atoms with Crippen LogP contribution in [-0.4, -0.2) is 6.29 Å². The van der Waals surface area contributed by atoms with Crippen molar-refractivity contribution in [3.05, 3.63) is 58.1 Å². The van der Waals surface area contributed by atoms with Crippen LogP contribution in [0, 0.1) is 0 Å². The van der Waals surface area contributed by atoms with Crippen LogP contribution in [0.15, 0.2) is 42.5 Å². The van der Waals surface area contributed by atoms with Gasteiger partial charge in [-0.05, 0) is 36.4 Å². The van der Waals surface area contributed by atoms with E-state index in [1.54, 1.807) is 42.5 Å². The molecule has 17 heavy (non-hydrogen) atoms. The van der Waals surface area contributed by atoms with Gasteiger partial charge in [-0.1, -0.05) is 29.3 Å². The van der Waals surface area contributed by atoms with Gasteiger partial charge >= 0.3 is 0 Å². The monoisotopic (exact) mass is 266 g/mol. The van der Waals surface area contributed by atoms with E-state index in [1.807, 2.05) is 0 Å². The quantitative estimate of drug-likeness (QED) is 0.760. The summed E-state index contributed by atoms with van der Waals surface area (Å²) in [4.78, 5) is 10.9. The second kappa shape index (κ2) is 5.21. The lowest BCUT2D eigenvalue weighted by atomic mass is 10.2. The van der Waals surface area contributed by atoms with E-state index in [1.165, 1.54) is 0 Å². The van der Waals surface area contributed by atoms with Gasteiger partial charge in [0.2, 0.25) is 0 Å². The summed E-state index contributed by atoms with van der Waals surface area (Å²) in [7, 11) is 0. The lowest BCUT2D eigenvalue weighted by Gasteiger charge is -2.09. The van der Waals surface area contributed by atoms with Crippen molar-refractivity contribution < 1.29 is 9.53 Å². The molecule has 0 radical (unpaired) electrons. The molecular weight excluding hydrogens is 259 g/mol. The van der Waals surface area contributed by atoms with Crippen molar-refractivity contribution in [3.63, 3.8) is 0 Å². The molecule has 0 amide bonds. The number of hydrogen-bond donors (Lipinski definition) is 0. The van der Waals surface area contributed by atoms with Gasteiger partial charge in [-0.2, -0.15) is 0 Å². The number of carbonyl (C=O) groups is 1. The Labute approximate surface area is 109 Å². The second-order valence-corrected chi connectivity index (χ2v) is 4.18. The number of halogens is 2. The standard InChI is InChI=1S/C13H8Cl2O2/c14-10-4-6-11(7-5-10)17-13-9(8-16)2-1-3-12(13)15/h1-8H. The number of para-hydroxylation sites is 1. The maximum atomic E-state index is 10.9. The van der Waals surface area contributed by atoms with Crippen molar-refractivity contribution >= 4 is 29.5 Å². The molecule has 0 aliphatic heterocycles. The SMILES string of the molecule is O=Cc1cccc(Cl)c1Oc1ccc(Cl)cc1. The molecule has 0 saturated heterocycles. The van der Waals surface area contributed by atoms with E-state index in [-0.39, 0.29) is 0 Å². The largest absolute Gasteiger partial charge is 0.455 e. The van der Waals surface area contributed by atoms with E-state index < -0.39 is 0 Å². The first-order valence-corrected chi connectivity index (χ1v) is 5.63. The van der Waals surface area contributed by atoms with Gasteiger partial charge in [0.1, 0.15) is 5.75 Å². The van der Waals surface area contributed by atoms with Crippen LogP contribution in [0.25, 0.3) is 0 Å². The summed E-state index contributed by atoms with van der Waals surface area (Å²) in [5, 5.41) is 1.01. The van der Waals surface area contributed by atoms with Crippen molar-refractivity contribution in [1.82, 2.24) is 0 Å². The van der Waals surface area contributed by atoms with Crippen LogP contribution in [0.3, 0.4) is 0 Å². The lowest BCUT2D eigenvalue weighted by molar-refractivity contribution is 0.112. The maximum Gasteiger partial charge on any atom is 0.156 e. The summed E-state index contributed by atoms with van der Waals surface area (Å²) in [5.41, 5.74) is 0.410. The van der Waals surface area contributed by atoms with Crippen LogP contribution in [0.5, 0.6) is 11.5 Å². The molecule has 0 N–H and O–H groups in total. The minimum absolute atomic E-state index is 0.353. The molecule has 0 aromatic heterocycles. The van der Waals surface area contributed by atoms with Gasteiger partial charge < -0.3 is 4.74 Å². The van der Waals surface area contributed by atoms with Gasteiger partial charge in [0.15, 0.2) is 12.0 Å². The third-order valence-electron chi connectivity index (χ3n) is 2.16. The van der Waals surface area contributed by atoms with Crippen molar-refractivity contribution in [1.29, 1.82) is 0 Å². The van der Waals surface area contributed by atoms with Crippen LogP contribution in [-0.2, 0) is 0 Å². The molecule has 2 aromatic rings. The molecule has 4 heteroatoms. The van der Waals surface area contributed by atoms with Crippen LogP contribution < -0.4 is 4.74 Å². The fourth-order valence-electron chi connectivity index (χ4n) is 1.35. The van der Waals surface area contributed by atoms with Crippen LogP contribution in [0.1, 0.15) is 10.4 Å². The van der Waals surface area contributed by atoms with Crippen molar-refractivity contribution in [2.75, 3.05) is 0 Å². The first-order chi connectivity index (χ1) is 8.20. The Morgan fingerprint density at radius 1 is 1.00 bits per heavy atom. The van der Waals surface area contributed by atoms with Crippen molar-refractivity contribution in [2.45, 2.75) is 0 Å². The topological polar surface area (TPSA) is 26.3 Å². The minimum Gasteiger partial charge on any atom is -0.455 e. The Hall–Kier alpha value is -1.51. The highest BCUT2D eigenvalue weighted by molar-refractivity contribution is 6.32. The highest BCUT2D eigenvalue weighted by atomic mass is 35.5. The smallest absolute Gasteiger partial charge is 0.156 e. The molecule has 0 spiro atoms. The normalized spacial score (nSPS) is 10.0. The average Bonchev–Trinajstić information content (AvgIpc) is 2.34. The fraction of sp³-hybridized carbons (Fsp3) is 0. The van der Waals surface area contributed by atoms with Crippen LogP contribution in [0.2, 0.25) is 10.0 Å². The number of hydrogen-bond acceptors (Lipinski definition) is 2. The van der Waals surface area contributed by atoms with Gasteiger partial charge in [-0.3, -0.25) is 4.79 Å². The molecule has 0 heterocycles. The molecule has 2 aromatic carbocycles. The summed E-state index contributed by atoms with van der Waals surface area (Å²) < 4.78 is 5.56. The Balaban J connectivity index is 2.35. The van der Waals surface area contributed by atoms with E-state index in [4.69, 9.17) is 27.9 Å². The zero-order valence-corrected chi connectivity index (χ0v) is 10.2. The molecule has 0 fully saturated rings. The van der Waals surface area contributed by atoms with Crippen molar-refractivity contribution in [2.24, 2.45) is 0 Å². The van der Waals surface area contributed by atoms with E-state index in [9.17, 15) is 4.79 Å². The maximum absolute atomic E-state index is 10.9. The van der Waals surface area contributed by atoms with E-state index in [2.05, 4.69) is 0 Å². The second-order valence-electron chi connectivity index (χ2n) is 3.33. The average molecular weight is 267 g/mol. The summed E-state index contributed by atoms with van der Waals surface area (Å²) in [6, 6.07) is 11.8. The molecule has 2 nitrogen and oxygen atoms in total. The number of aldehydes is 1. The number of ether oxygens (including phenoxy) is 1. The minimum atomic E-state index is 0.353. The molecule has 2 rings (SSSR count). The molecule has 0 atom stereocenters. The third-order valence-corrected chi connectivity index (χ3v) is 2.71. The van der Waals surface area contributed by atoms with Gasteiger partial charge in [0, 0.05) is 5.02 Å². The van der Waals surface area contributed by atoms with E-state index in [0.717, 1.165) is 0 Å². The Kier molecular flexibility index (Phi) is 3.67. The van der Waals surface area contributed by atoms with E-state index in [0.29, 0.717) is 33.4 Å². The Morgan fingerprint density at radius 2 is 1.71 bits per heavy atom. The molecule has 0 aliphatic carbocycles. The summed E-state index contributed by atoms with van der Waals surface area (Å²) >= 11 is 11.7. The van der Waals surface area contributed by atoms with Gasteiger partial charge in [0.25, 0.3) is 0 Å². The number of carbonyl (C=O) groups excluding carboxylic acids is 1. The first kappa shape index (κ1) is 12.0. The molecule has 86 valence electrons. The lowest BCUT2D eigenvalue weighted by Crippen LogP contribution is -1.91. The predicted octanol–water partition coefficient (Wildman–Crippen LogP) is 4.60. The molecule has 0 unspecified atom stereocenters. The molecule has 0 aliphatic rings. The summed E-state index contributed by atoms with van der Waals surface area (Å²) in [5.74, 6) is 0.928. The zero-order valence-electron chi connectivity index (χ0n) is 8.69. The summed E-state index contributed by atoms with van der Waals surface area (Å²) in [6.45, 7) is 0. The first-order valence-electron chi connectivity index (χ1n) is 4.88. The third kappa shape index (κ3) is 2.78. The zero-order chi connectivity index (χ0) is 12.3. The van der Waals surface area contributed by atoms with Gasteiger partial charge in [-0.25, -0.2) is 0 Å².